The molecule has 1 aromatic carbocycles. The summed E-state index contributed by atoms with van der Waals surface area (Å²) < 4.78 is 28.3. The Hall–Kier alpha value is -2.44. The molecule has 0 unspecified atom stereocenters. The van der Waals surface area contributed by atoms with Crippen molar-refractivity contribution >= 4 is 11.8 Å². The highest BCUT2D eigenvalue weighted by molar-refractivity contribution is 5.89. The van der Waals surface area contributed by atoms with Gasteiger partial charge in [-0.2, -0.15) is 5.10 Å². The zero-order chi connectivity index (χ0) is 13.4. The van der Waals surface area contributed by atoms with Gasteiger partial charge in [0.15, 0.2) is 0 Å². The summed E-state index contributed by atoms with van der Waals surface area (Å²) in [5.74, 6) is -3.73. The third kappa shape index (κ3) is 1.79. The molecular weight excluding hydrogens is 244 g/mol. The predicted molar refractivity (Wildman–Crippen MR) is 59.9 cm³/mol. The highest BCUT2D eigenvalue weighted by Gasteiger charge is 2.19. The molecule has 94 valence electrons. The van der Waals surface area contributed by atoms with Crippen LogP contribution in [0.4, 0.5) is 14.6 Å². The predicted octanol–water partition coefficient (Wildman–Crippen LogP) is 1.65. The zero-order valence-corrected chi connectivity index (χ0v) is 9.32. The van der Waals surface area contributed by atoms with Crippen LogP contribution in [0, 0.1) is 11.6 Å². The summed E-state index contributed by atoms with van der Waals surface area (Å²) in [4.78, 5) is 10.6. The quantitative estimate of drug-likeness (QED) is 0.852. The summed E-state index contributed by atoms with van der Waals surface area (Å²) >= 11 is 0. The van der Waals surface area contributed by atoms with Gasteiger partial charge in [-0.15, -0.1) is 0 Å². The van der Waals surface area contributed by atoms with E-state index in [0.29, 0.717) is 5.56 Å². The molecule has 1 aromatic heterocycles. The summed E-state index contributed by atoms with van der Waals surface area (Å²) in [7, 11) is 1.58. The van der Waals surface area contributed by atoms with Crippen LogP contribution in [0.2, 0.25) is 0 Å². The average molecular weight is 253 g/mol. The van der Waals surface area contributed by atoms with Gasteiger partial charge in [0.05, 0.1) is 6.20 Å². The maximum atomic E-state index is 13.5. The molecule has 1 heterocycles. The second-order valence-electron chi connectivity index (χ2n) is 3.69. The Balaban J connectivity index is 2.62. The van der Waals surface area contributed by atoms with Crippen molar-refractivity contribution in [2.24, 2.45) is 7.05 Å². The number of benzene rings is 1. The molecule has 0 bridgehead atoms. The molecule has 0 saturated heterocycles. The van der Waals surface area contributed by atoms with E-state index in [0.717, 1.165) is 12.1 Å². The van der Waals surface area contributed by atoms with Crippen LogP contribution in [0.25, 0.3) is 11.1 Å². The first-order chi connectivity index (χ1) is 8.41. The molecule has 0 aliphatic rings. The smallest absolute Gasteiger partial charge is 0.341 e. The topological polar surface area (TPSA) is 81.1 Å². The molecule has 0 aliphatic heterocycles. The molecule has 18 heavy (non-hydrogen) atoms. The van der Waals surface area contributed by atoms with E-state index < -0.39 is 23.2 Å². The molecule has 0 saturated carbocycles. The molecule has 0 amide bonds. The monoisotopic (exact) mass is 253 g/mol. The lowest BCUT2D eigenvalue weighted by Gasteiger charge is -2.05. The number of aromatic carboxylic acids is 1. The minimum atomic E-state index is -1.66. The number of rotatable bonds is 2. The number of aromatic nitrogens is 2. The average Bonchev–Trinajstić information content (AvgIpc) is 2.58. The summed E-state index contributed by atoms with van der Waals surface area (Å²) in [5, 5.41) is 12.5. The highest BCUT2D eigenvalue weighted by Crippen LogP contribution is 2.28. The Morgan fingerprint density at radius 3 is 2.33 bits per heavy atom. The van der Waals surface area contributed by atoms with Crippen molar-refractivity contribution in [3.63, 3.8) is 0 Å². The van der Waals surface area contributed by atoms with E-state index in [-0.39, 0.29) is 11.4 Å². The third-order valence-electron chi connectivity index (χ3n) is 2.55. The first-order valence-corrected chi connectivity index (χ1v) is 4.92. The van der Waals surface area contributed by atoms with Crippen molar-refractivity contribution in [3.8, 4) is 11.1 Å². The fraction of sp³-hybridized carbons (Fsp3) is 0.0909. The lowest BCUT2D eigenvalue weighted by atomic mass is 10.1. The lowest BCUT2D eigenvalue weighted by Crippen LogP contribution is -2.05. The third-order valence-corrected chi connectivity index (χ3v) is 2.55. The number of hydrogen-bond acceptors (Lipinski definition) is 3. The van der Waals surface area contributed by atoms with Gasteiger partial charge in [-0.1, -0.05) is 0 Å². The molecule has 0 aliphatic carbocycles. The number of nitrogens with two attached hydrogens (primary N) is 1. The van der Waals surface area contributed by atoms with E-state index in [2.05, 4.69) is 5.10 Å². The molecule has 5 nitrogen and oxygen atoms in total. The van der Waals surface area contributed by atoms with Gasteiger partial charge in [0.1, 0.15) is 23.0 Å². The Bertz CT molecular complexity index is 614. The number of carbonyl (C=O) groups is 1. The molecule has 2 aromatic rings. The van der Waals surface area contributed by atoms with Gasteiger partial charge in [0.2, 0.25) is 0 Å². The Morgan fingerprint density at radius 2 is 1.94 bits per heavy atom. The standard InChI is InChI=1S/C11H9F2N3O2/c1-16-10(14)6(4-15-16)5-2-7(12)9(11(17)18)8(13)3-5/h2-4H,14H2,1H3,(H,17,18). The molecule has 0 atom stereocenters. The molecule has 3 N–H and O–H groups in total. The van der Waals surface area contributed by atoms with Crippen LogP contribution < -0.4 is 5.73 Å². The molecular formula is C11H9F2N3O2. The van der Waals surface area contributed by atoms with Crippen LogP contribution in [0.1, 0.15) is 10.4 Å². The number of anilines is 1. The van der Waals surface area contributed by atoms with Gasteiger partial charge in [-0.05, 0) is 17.7 Å². The second kappa shape index (κ2) is 4.10. The van der Waals surface area contributed by atoms with Crippen LogP contribution in [0.5, 0.6) is 0 Å². The Labute approximate surface area is 100 Å². The van der Waals surface area contributed by atoms with Gasteiger partial charge < -0.3 is 10.8 Å². The minimum Gasteiger partial charge on any atom is -0.477 e. The van der Waals surface area contributed by atoms with Crippen LogP contribution in [0.3, 0.4) is 0 Å². The number of halogens is 2. The highest BCUT2D eigenvalue weighted by atomic mass is 19.1. The van der Waals surface area contributed by atoms with E-state index in [1.165, 1.54) is 10.9 Å². The van der Waals surface area contributed by atoms with Gasteiger partial charge >= 0.3 is 5.97 Å². The van der Waals surface area contributed by atoms with Crippen molar-refractivity contribution in [3.05, 3.63) is 35.5 Å². The van der Waals surface area contributed by atoms with Gasteiger partial charge in [0.25, 0.3) is 0 Å². The van der Waals surface area contributed by atoms with E-state index in [9.17, 15) is 13.6 Å². The fourth-order valence-corrected chi connectivity index (χ4v) is 1.60. The van der Waals surface area contributed by atoms with Crippen LogP contribution in [0.15, 0.2) is 18.3 Å². The van der Waals surface area contributed by atoms with Crippen LogP contribution in [-0.4, -0.2) is 20.9 Å². The summed E-state index contributed by atoms with van der Waals surface area (Å²) in [6.45, 7) is 0. The maximum Gasteiger partial charge on any atom is 0.341 e. The van der Waals surface area contributed by atoms with Crippen molar-refractivity contribution in [1.82, 2.24) is 9.78 Å². The number of aryl methyl sites for hydroxylation is 1. The largest absolute Gasteiger partial charge is 0.477 e. The second-order valence-corrected chi connectivity index (χ2v) is 3.69. The van der Waals surface area contributed by atoms with Gasteiger partial charge in [-0.3, -0.25) is 4.68 Å². The van der Waals surface area contributed by atoms with Crippen molar-refractivity contribution in [2.45, 2.75) is 0 Å². The number of carboxylic acid groups (broad SMARTS) is 1. The molecule has 0 spiro atoms. The zero-order valence-electron chi connectivity index (χ0n) is 9.32. The number of nitrogens with zero attached hydrogens (tertiary/aromatic N) is 2. The Morgan fingerprint density at radius 1 is 1.39 bits per heavy atom. The molecule has 0 fully saturated rings. The van der Waals surface area contributed by atoms with E-state index in [1.54, 1.807) is 7.05 Å². The Kier molecular flexibility index (Phi) is 2.74. The van der Waals surface area contributed by atoms with Crippen molar-refractivity contribution in [1.29, 1.82) is 0 Å². The minimum absolute atomic E-state index is 0.139. The van der Waals surface area contributed by atoms with Crippen LogP contribution >= 0.6 is 0 Å². The van der Waals surface area contributed by atoms with Crippen LogP contribution in [-0.2, 0) is 7.05 Å². The fourth-order valence-electron chi connectivity index (χ4n) is 1.60. The number of hydrogen-bond donors (Lipinski definition) is 2. The molecule has 0 radical (unpaired) electrons. The SMILES string of the molecule is Cn1ncc(-c2cc(F)c(C(=O)O)c(F)c2)c1N. The van der Waals surface area contributed by atoms with Gasteiger partial charge in [-0.25, -0.2) is 13.6 Å². The first kappa shape index (κ1) is 12.0. The summed E-state index contributed by atoms with van der Waals surface area (Å²) in [6, 6.07) is 1.83. The molecule has 2 rings (SSSR count). The first-order valence-electron chi connectivity index (χ1n) is 4.92. The molecule has 7 heteroatoms. The van der Waals surface area contributed by atoms with Gasteiger partial charge in [0, 0.05) is 12.6 Å². The maximum absolute atomic E-state index is 13.5. The number of nitrogen functional groups attached to an aromatic ring is 1. The van der Waals surface area contributed by atoms with E-state index >= 15 is 0 Å². The van der Waals surface area contributed by atoms with E-state index in [4.69, 9.17) is 10.8 Å². The number of carboxylic acids is 1. The van der Waals surface area contributed by atoms with E-state index in [1.807, 2.05) is 0 Å². The lowest BCUT2D eigenvalue weighted by molar-refractivity contribution is 0.0686. The summed E-state index contributed by atoms with van der Waals surface area (Å²) in [6.07, 6.45) is 1.35. The van der Waals surface area contributed by atoms with Crippen molar-refractivity contribution in [2.75, 3.05) is 5.73 Å². The summed E-state index contributed by atoms with van der Waals surface area (Å²) in [5.41, 5.74) is 5.17. The van der Waals surface area contributed by atoms with Crippen molar-refractivity contribution < 1.29 is 18.7 Å². The normalized spacial score (nSPS) is 10.6.